The lowest BCUT2D eigenvalue weighted by Crippen LogP contribution is -2.03. The van der Waals surface area contributed by atoms with Crippen molar-refractivity contribution in [3.05, 3.63) is 29.3 Å². The molecule has 1 atom stereocenters. The van der Waals surface area contributed by atoms with E-state index in [4.69, 9.17) is 9.05 Å². The first kappa shape index (κ1) is 15.3. The molecule has 0 saturated heterocycles. The van der Waals surface area contributed by atoms with E-state index in [9.17, 15) is 4.57 Å². The Morgan fingerprint density at radius 2 is 1.89 bits per heavy atom. The first-order chi connectivity index (χ1) is 8.50. The number of benzene rings is 1. The van der Waals surface area contributed by atoms with Crippen molar-refractivity contribution in [2.45, 2.75) is 40.5 Å². The molecule has 3 nitrogen and oxygen atoms in total. The van der Waals surface area contributed by atoms with E-state index < -0.39 is 7.60 Å². The molecule has 0 aliphatic rings. The van der Waals surface area contributed by atoms with Gasteiger partial charge in [-0.15, -0.1) is 0 Å². The smallest absolute Gasteiger partial charge is 0.379 e. The van der Waals surface area contributed by atoms with Crippen LogP contribution in [0.4, 0.5) is 0 Å². The maximum atomic E-state index is 12.5. The van der Waals surface area contributed by atoms with Crippen molar-refractivity contribution in [1.82, 2.24) is 0 Å². The van der Waals surface area contributed by atoms with Gasteiger partial charge in [0.2, 0.25) is 0 Å². The summed E-state index contributed by atoms with van der Waals surface area (Å²) in [4.78, 5) is 0. The molecule has 18 heavy (non-hydrogen) atoms. The summed E-state index contributed by atoms with van der Waals surface area (Å²) >= 11 is 0. The van der Waals surface area contributed by atoms with Crippen molar-refractivity contribution in [2.75, 3.05) is 12.8 Å². The first-order valence-corrected chi connectivity index (χ1v) is 8.24. The van der Waals surface area contributed by atoms with Crippen LogP contribution in [0.15, 0.2) is 18.2 Å². The van der Waals surface area contributed by atoms with Gasteiger partial charge in [0.15, 0.2) is 0 Å². The zero-order chi connectivity index (χ0) is 13.6. The highest BCUT2D eigenvalue weighted by Crippen LogP contribution is 2.49. The van der Waals surface area contributed by atoms with Gasteiger partial charge in [-0.05, 0) is 50.5 Å². The molecule has 0 saturated carbocycles. The predicted octanol–water partition coefficient (Wildman–Crippen LogP) is 4.71. The van der Waals surface area contributed by atoms with Crippen LogP contribution in [0.5, 0.6) is 5.75 Å². The quantitative estimate of drug-likeness (QED) is 0.673. The Kier molecular flexibility index (Phi) is 5.90. The van der Waals surface area contributed by atoms with Gasteiger partial charge in [-0.25, -0.2) is 4.57 Å². The number of rotatable bonds is 7. The summed E-state index contributed by atoms with van der Waals surface area (Å²) in [6.07, 6.45) is 2.31. The van der Waals surface area contributed by atoms with Crippen LogP contribution in [-0.2, 0) is 9.09 Å². The van der Waals surface area contributed by atoms with Crippen LogP contribution < -0.4 is 4.52 Å². The van der Waals surface area contributed by atoms with E-state index in [1.54, 1.807) is 0 Å². The van der Waals surface area contributed by atoms with Gasteiger partial charge in [0.25, 0.3) is 0 Å². The first-order valence-electron chi connectivity index (χ1n) is 6.51. The Balaban J connectivity index is 2.82. The third-order valence-electron chi connectivity index (χ3n) is 2.83. The SMILES string of the molecule is CCCCP(=O)(OCC)Oc1ccc(C)c(C)c1. The summed E-state index contributed by atoms with van der Waals surface area (Å²) in [7, 11) is -2.99. The van der Waals surface area contributed by atoms with Crippen LogP contribution >= 0.6 is 7.60 Å². The molecular weight excluding hydrogens is 247 g/mol. The van der Waals surface area contributed by atoms with Crippen LogP contribution in [0, 0.1) is 13.8 Å². The van der Waals surface area contributed by atoms with E-state index in [2.05, 4.69) is 6.92 Å². The molecule has 0 N–H and O–H groups in total. The second kappa shape index (κ2) is 6.96. The number of hydrogen-bond acceptors (Lipinski definition) is 3. The Hall–Kier alpha value is -0.790. The third-order valence-corrected chi connectivity index (χ3v) is 4.84. The monoisotopic (exact) mass is 270 g/mol. The van der Waals surface area contributed by atoms with Crippen molar-refractivity contribution >= 4 is 7.60 Å². The van der Waals surface area contributed by atoms with E-state index in [1.807, 2.05) is 39.0 Å². The Labute approximate surface area is 110 Å². The molecule has 0 aromatic heterocycles. The molecule has 0 radical (unpaired) electrons. The third kappa shape index (κ3) is 4.47. The fraction of sp³-hybridized carbons (Fsp3) is 0.571. The summed E-state index contributed by atoms with van der Waals surface area (Å²) in [5.74, 6) is 0.631. The van der Waals surface area contributed by atoms with E-state index in [1.165, 1.54) is 5.56 Å². The standard InChI is InChI=1S/C14H23O3P/c1-5-7-10-18(15,16-6-2)17-14-9-8-12(3)13(4)11-14/h8-9,11H,5-7,10H2,1-4H3. The van der Waals surface area contributed by atoms with Crippen LogP contribution in [0.2, 0.25) is 0 Å². The van der Waals surface area contributed by atoms with Gasteiger partial charge < -0.3 is 9.05 Å². The second-order valence-electron chi connectivity index (χ2n) is 4.44. The predicted molar refractivity (Wildman–Crippen MR) is 75.6 cm³/mol. The molecule has 1 unspecified atom stereocenters. The molecule has 4 heteroatoms. The Bertz CT molecular complexity index is 429. The van der Waals surface area contributed by atoms with Gasteiger partial charge in [-0.2, -0.15) is 0 Å². The molecule has 0 amide bonds. The van der Waals surface area contributed by atoms with Crippen molar-refractivity contribution in [3.63, 3.8) is 0 Å². The molecule has 0 bridgehead atoms. The summed E-state index contributed by atoms with van der Waals surface area (Å²) in [5, 5.41) is 0. The molecule has 0 aliphatic carbocycles. The van der Waals surface area contributed by atoms with E-state index >= 15 is 0 Å². The van der Waals surface area contributed by atoms with Crippen molar-refractivity contribution in [3.8, 4) is 5.75 Å². The van der Waals surface area contributed by atoms with Crippen LogP contribution in [-0.4, -0.2) is 12.8 Å². The van der Waals surface area contributed by atoms with E-state index in [-0.39, 0.29) is 0 Å². The zero-order valence-corrected chi connectivity index (χ0v) is 12.6. The van der Waals surface area contributed by atoms with Crippen LogP contribution in [0.25, 0.3) is 0 Å². The molecule has 0 spiro atoms. The van der Waals surface area contributed by atoms with Crippen LogP contribution in [0.1, 0.15) is 37.8 Å². The fourth-order valence-electron chi connectivity index (χ4n) is 1.62. The highest BCUT2D eigenvalue weighted by molar-refractivity contribution is 7.54. The summed E-state index contributed by atoms with van der Waals surface area (Å²) in [6.45, 7) is 8.36. The number of hydrogen-bond donors (Lipinski definition) is 0. The highest BCUT2D eigenvalue weighted by Gasteiger charge is 2.24. The van der Waals surface area contributed by atoms with Gasteiger partial charge in [0.1, 0.15) is 5.75 Å². The minimum absolute atomic E-state index is 0.409. The molecule has 0 aliphatic heterocycles. The minimum Gasteiger partial charge on any atom is -0.424 e. The van der Waals surface area contributed by atoms with Gasteiger partial charge >= 0.3 is 7.60 Å². The average Bonchev–Trinajstić information content (AvgIpc) is 2.32. The van der Waals surface area contributed by atoms with Crippen LogP contribution in [0.3, 0.4) is 0 Å². The van der Waals surface area contributed by atoms with Gasteiger partial charge in [-0.3, -0.25) is 0 Å². The molecule has 1 rings (SSSR count). The highest BCUT2D eigenvalue weighted by atomic mass is 31.2. The maximum Gasteiger partial charge on any atom is 0.379 e. The molecule has 102 valence electrons. The molecule has 0 heterocycles. The topological polar surface area (TPSA) is 35.5 Å². The molecule has 1 aromatic carbocycles. The molecule has 0 fully saturated rings. The average molecular weight is 270 g/mol. The summed E-state index contributed by atoms with van der Waals surface area (Å²) < 4.78 is 23.4. The van der Waals surface area contributed by atoms with Gasteiger partial charge in [-0.1, -0.05) is 19.4 Å². The van der Waals surface area contributed by atoms with E-state index in [0.29, 0.717) is 18.5 Å². The van der Waals surface area contributed by atoms with Crippen molar-refractivity contribution in [2.24, 2.45) is 0 Å². The van der Waals surface area contributed by atoms with Gasteiger partial charge in [0, 0.05) is 0 Å². The lowest BCUT2D eigenvalue weighted by molar-refractivity contribution is 0.278. The number of unbranched alkanes of at least 4 members (excludes halogenated alkanes) is 1. The largest absolute Gasteiger partial charge is 0.424 e. The molecule has 1 aromatic rings. The van der Waals surface area contributed by atoms with Crippen molar-refractivity contribution in [1.29, 1.82) is 0 Å². The Morgan fingerprint density at radius 3 is 2.44 bits per heavy atom. The minimum atomic E-state index is -2.99. The van der Waals surface area contributed by atoms with Gasteiger partial charge in [0.05, 0.1) is 12.8 Å². The fourth-order valence-corrected chi connectivity index (χ4v) is 3.42. The normalized spacial score (nSPS) is 14.2. The second-order valence-corrected chi connectivity index (χ2v) is 6.55. The zero-order valence-electron chi connectivity index (χ0n) is 11.7. The summed E-state index contributed by atoms with van der Waals surface area (Å²) in [5.41, 5.74) is 2.33. The lowest BCUT2D eigenvalue weighted by atomic mass is 10.1. The maximum absolute atomic E-state index is 12.5. The Morgan fingerprint density at radius 1 is 1.17 bits per heavy atom. The molecular formula is C14H23O3P. The summed E-state index contributed by atoms with van der Waals surface area (Å²) in [6, 6.07) is 5.73. The lowest BCUT2D eigenvalue weighted by Gasteiger charge is -2.19. The number of aryl methyl sites for hydroxylation is 2. The van der Waals surface area contributed by atoms with Crippen molar-refractivity contribution < 1.29 is 13.6 Å². The van der Waals surface area contributed by atoms with E-state index in [0.717, 1.165) is 18.4 Å².